The molecule has 0 spiro atoms. The zero-order valence-corrected chi connectivity index (χ0v) is 30.0. The van der Waals surface area contributed by atoms with E-state index in [4.69, 9.17) is 19.9 Å². The van der Waals surface area contributed by atoms with Crippen LogP contribution in [0.15, 0.2) is 191 Å². The lowest BCUT2D eigenvalue weighted by Crippen LogP contribution is -1.95. The maximum Gasteiger partial charge on any atom is 0.160 e. The Morgan fingerprint density at radius 2 is 0.520 bits per heavy atom. The molecular weight excluding hydrogens is 744 g/mol. The van der Waals surface area contributed by atoms with Gasteiger partial charge in [-0.15, -0.1) is 0 Å². The number of hydrogen-bond acceptors (Lipinski definition) is 4. The van der Waals surface area contributed by atoms with Crippen molar-refractivity contribution >= 4 is 31.9 Å². The first-order valence-electron chi connectivity index (χ1n) is 16.1. The number of rotatable bonds is 6. The molecule has 6 aromatic carbocycles. The predicted molar refractivity (Wildman–Crippen MR) is 212 cm³/mol. The smallest absolute Gasteiger partial charge is 0.160 e. The van der Waals surface area contributed by atoms with Gasteiger partial charge in [0.1, 0.15) is 0 Å². The van der Waals surface area contributed by atoms with E-state index in [0.29, 0.717) is 0 Å². The topological polar surface area (TPSA) is 51.6 Å². The molecule has 0 aliphatic rings. The normalized spacial score (nSPS) is 10.6. The van der Waals surface area contributed by atoms with E-state index in [1.54, 1.807) is 0 Å². The van der Waals surface area contributed by atoms with Gasteiger partial charge in [0, 0.05) is 42.3 Å². The highest BCUT2D eigenvalue weighted by Crippen LogP contribution is 2.30. The largest absolute Gasteiger partial charge is 0.228 e. The van der Waals surface area contributed by atoms with Crippen molar-refractivity contribution in [1.82, 2.24) is 19.9 Å². The van der Waals surface area contributed by atoms with Gasteiger partial charge in [-0.2, -0.15) is 0 Å². The van der Waals surface area contributed by atoms with Gasteiger partial charge in [-0.3, -0.25) is 0 Å². The average Bonchev–Trinajstić information content (AvgIpc) is 3.19. The standard InChI is InChI=1S/2C22H15BrN2/c2*23-19-13-7-12-18(14-19)22-24-20(16-8-3-1-4-9-16)15-21(25-22)17-10-5-2-6-11-17/h2*1-15H. The summed E-state index contributed by atoms with van der Waals surface area (Å²) in [5.74, 6) is 1.45. The van der Waals surface area contributed by atoms with Gasteiger partial charge in [-0.05, 0) is 36.4 Å². The summed E-state index contributed by atoms with van der Waals surface area (Å²) in [6.07, 6.45) is 0. The molecule has 2 aromatic heterocycles. The van der Waals surface area contributed by atoms with E-state index in [-0.39, 0.29) is 0 Å². The Balaban J connectivity index is 0.000000157. The Morgan fingerprint density at radius 3 is 0.780 bits per heavy atom. The van der Waals surface area contributed by atoms with Crippen LogP contribution < -0.4 is 0 Å². The van der Waals surface area contributed by atoms with Crippen molar-refractivity contribution in [3.05, 3.63) is 191 Å². The quantitative estimate of drug-likeness (QED) is 0.169. The van der Waals surface area contributed by atoms with E-state index in [9.17, 15) is 0 Å². The SMILES string of the molecule is Brc1cccc(-c2nc(-c3ccccc3)cc(-c3ccccc3)n2)c1.Brc1cccc(-c2nc(-c3ccccc3)cc(-c3ccccc3)n2)c1. The highest BCUT2D eigenvalue weighted by molar-refractivity contribution is 9.10. The third kappa shape index (κ3) is 8.17. The van der Waals surface area contributed by atoms with Gasteiger partial charge >= 0.3 is 0 Å². The molecule has 6 heteroatoms. The van der Waals surface area contributed by atoms with E-state index in [0.717, 1.165) is 76.8 Å². The van der Waals surface area contributed by atoms with Crippen LogP contribution in [0.5, 0.6) is 0 Å². The monoisotopic (exact) mass is 772 g/mol. The minimum atomic E-state index is 0.724. The number of benzene rings is 6. The molecule has 0 aliphatic heterocycles. The second-order valence-electron chi connectivity index (χ2n) is 11.4. The Labute approximate surface area is 308 Å². The second-order valence-corrected chi connectivity index (χ2v) is 13.2. The Bertz CT molecular complexity index is 2050. The Morgan fingerprint density at radius 1 is 0.260 bits per heavy atom. The summed E-state index contributed by atoms with van der Waals surface area (Å²) < 4.78 is 2.03. The van der Waals surface area contributed by atoms with Crippen molar-refractivity contribution in [2.75, 3.05) is 0 Å². The van der Waals surface area contributed by atoms with E-state index in [2.05, 4.69) is 80.4 Å². The molecule has 2 heterocycles. The highest BCUT2D eigenvalue weighted by Gasteiger charge is 2.12. The summed E-state index contributed by atoms with van der Waals surface area (Å²) >= 11 is 7.06. The first-order valence-corrected chi connectivity index (χ1v) is 17.7. The zero-order valence-electron chi connectivity index (χ0n) is 26.9. The molecule has 0 amide bonds. The fourth-order valence-electron chi connectivity index (χ4n) is 5.43. The van der Waals surface area contributed by atoms with Crippen LogP contribution >= 0.6 is 31.9 Å². The third-order valence-corrected chi connectivity index (χ3v) is 8.88. The summed E-state index contributed by atoms with van der Waals surface area (Å²) in [6.45, 7) is 0. The van der Waals surface area contributed by atoms with Crippen LogP contribution in [0.25, 0.3) is 67.8 Å². The summed E-state index contributed by atoms with van der Waals surface area (Å²) in [7, 11) is 0. The number of aromatic nitrogens is 4. The Kier molecular flexibility index (Phi) is 10.4. The minimum absolute atomic E-state index is 0.724. The summed E-state index contributed by atoms with van der Waals surface area (Å²) in [5.41, 5.74) is 9.99. The summed E-state index contributed by atoms with van der Waals surface area (Å²) in [6, 6.07) is 61.1. The van der Waals surface area contributed by atoms with Gasteiger partial charge in [-0.1, -0.05) is 177 Å². The van der Waals surface area contributed by atoms with E-state index < -0.39 is 0 Å². The van der Waals surface area contributed by atoms with E-state index >= 15 is 0 Å². The predicted octanol–water partition coefficient (Wildman–Crippen LogP) is 12.5. The van der Waals surface area contributed by atoms with Crippen LogP contribution in [0.2, 0.25) is 0 Å². The first kappa shape index (κ1) is 33.0. The molecule has 0 atom stereocenters. The fourth-order valence-corrected chi connectivity index (χ4v) is 6.23. The number of halogens is 2. The van der Waals surface area contributed by atoms with Gasteiger partial charge in [0.2, 0.25) is 0 Å². The van der Waals surface area contributed by atoms with Crippen LogP contribution in [0.3, 0.4) is 0 Å². The van der Waals surface area contributed by atoms with Crippen molar-refractivity contribution in [1.29, 1.82) is 0 Å². The molecular formula is C44H30Br2N4. The molecule has 0 saturated carbocycles. The van der Waals surface area contributed by atoms with Crippen LogP contribution in [0.1, 0.15) is 0 Å². The van der Waals surface area contributed by atoms with E-state index in [1.165, 1.54) is 0 Å². The molecule has 50 heavy (non-hydrogen) atoms. The van der Waals surface area contributed by atoms with Crippen molar-refractivity contribution in [2.45, 2.75) is 0 Å². The van der Waals surface area contributed by atoms with Gasteiger partial charge in [-0.25, -0.2) is 19.9 Å². The van der Waals surface area contributed by atoms with Gasteiger partial charge in [0.05, 0.1) is 22.8 Å². The fraction of sp³-hybridized carbons (Fsp3) is 0. The van der Waals surface area contributed by atoms with Crippen molar-refractivity contribution in [2.24, 2.45) is 0 Å². The van der Waals surface area contributed by atoms with Crippen LogP contribution in [0.4, 0.5) is 0 Å². The molecule has 0 aliphatic carbocycles. The molecule has 0 N–H and O–H groups in total. The van der Waals surface area contributed by atoms with Crippen molar-refractivity contribution < 1.29 is 0 Å². The second kappa shape index (κ2) is 15.8. The lowest BCUT2D eigenvalue weighted by Gasteiger charge is -2.09. The highest BCUT2D eigenvalue weighted by atomic mass is 79.9. The zero-order chi connectivity index (χ0) is 34.1. The van der Waals surface area contributed by atoms with E-state index in [1.807, 2.05) is 133 Å². The lowest BCUT2D eigenvalue weighted by atomic mass is 10.1. The minimum Gasteiger partial charge on any atom is -0.228 e. The third-order valence-electron chi connectivity index (χ3n) is 7.90. The Hall–Kier alpha value is -5.56. The molecule has 0 saturated heterocycles. The van der Waals surface area contributed by atoms with Crippen molar-refractivity contribution in [3.8, 4) is 67.8 Å². The molecule has 0 radical (unpaired) electrons. The first-order chi connectivity index (χ1) is 24.6. The number of nitrogens with zero attached hydrogens (tertiary/aromatic N) is 4. The van der Waals surface area contributed by atoms with Crippen LogP contribution in [-0.2, 0) is 0 Å². The van der Waals surface area contributed by atoms with Gasteiger partial charge < -0.3 is 0 Å². The molecule has 0 fully saturated rings. The maximum absolute atomic E-state index is 4.81. The lowest BCUT2D eigenvalue weighted by molar-refractivity contribution is 1.18. The van der Waals surface area contributed by atoms with Crippen LogP contribution in [-0.4, -0.2) is 19.9 Å². The molecule has 8 aromatic rings. The molecule has 0 bridgehead atoms. The van der Waals surface area contributed by atoms with Gasteiger partial charge in [0.15, 0.2) is 11.6 Å². The molecule has 8 rings (SSSR count). The summed E-state index contributed by atoms with van der Waals surface area (Å²) in [4.78, 5) is 19.2. The average molecular weight is 775 g/mol. The molecule has 240 valence electrons. The van der Waals surface area contributed by atoms with Crippen molar-refractivity contribution in [3.63, 3.8) is 0 Å². The van der Waals surface area contributed by atoms with Crippen LogP contribution in [0, 0.1) is 0 Å². The molecule has 4 nitrogen and oxygen atoms in total. The van der Waals surface area contributed by atoms with Gasteiger partial charge in [0.25, 0.3) is 0 Å². The number of hydrogen-bond donors (Lipinski definition) is 0. The summed E-state index contributed by atoms with van der Waals surface area (Å²) in [5, 5.41) is 0. The molecule has 0 unspecified atom stereocenters. The maximum atomic E-state index is 4.81.